The maximum absolute atomic E-state index is 12.8. The molecular formula is C22H23Cl2N3O2. The third-order valence-corrected chi connectivity index (χ3v) is 6.46. The van der Waals surface area contributed by atoms with Crippen LogP contribution >= 0.6 is 23.2 Å². The molecule has 2 aliphatic heterocycles. The fourth-order valence-electron chi connectivity index (χ4n) is 4.03. The third kappa shape index (κ3) is 4.42. The Balaban J connectivity index is 1.34. The molecule has 2 aromatic carbocycles. The second-order valence-corrected chi connectivity index (χ2v) is 8.36. The highest BCUT2D eigenvalue weighted by molar-refractivity contribution is 6.43. The van der Waals surface area contributed by atoms with Crippen LogP contribution in [0.2, 0.25) is 10.0 Å². The van der Waals surface area contributed by atoms with E-state index in [9.17, 15) is 9.59 Å². The highest BCUT2D eigenvalue weighted by Gasteiger charge is 2.39. The Morgan fingerprint density at radius 1 is 0.897 bits per heavy atom. The van der Waals surface area contributed by atoms with Crippen LogP contribution in [0.25, 0.3) is 0 Å². The van der Waals surface area contributed by atoms with Crippen LogP contribution in [-0.4, -0.2) is 54.5 Å². The Morgan fingerprint density at radius 3 is 2.34 bits per heavy atom. The maximum Gasteiger partial charge on any atom is 0.234 e. The van der Waals surface area contributed by atoms with Crippen molar-refractivity contribution in [3.63, 3.8) is 0 Å². The summed E-state index contributed by atoms with van der Waals surface area (Å²) in [6, 6.07) is 15.5. The van der Waals surface area contributed by atoms with Crippen molar-refractivity contribution in [2.45, 2.75) is 12.8 Å². The van der Waals surface area contributed by atoms with Gasteiger partial charge < -0.3 is 4.90 Å². The number of likely N-dealkylation sites (tertiary alicyclic amines) is 1. The van der Waals surface area contributed by atoms with Gasteiger partial charge in [-0.05, 0) is 24.1 Å². The van der Waals surface area contributed by atoms with Gasteiger partial charge in [0.15, 0.2) is 0 Å². The lowest BCUT2D eigenvalue weighted by Crippen LogP contribution is -2.51. The quantitative estimate of drug-likeness (QED) is 0.677. The smallest absolute Gasteiger partial charge is 0.234 e. The zero-order chi connectivity index (χ0) is 20.4. The van der Waals surface area contributed by atoms with Crippen LogP contribution in [0.4, 0.5) is 5.69 Å². The van der Waals surface area contributed by atoms with E-state index in [1.54, 1.807) is 6.07 Å². The average Bonchev–Trinajstić information content (AvgIpc) is 2.99. The number of carbonyl (C=O) groups is 2. The van der Waals surface area contributed by atoms with Crippen LogP contribution in [0.1, 0.15) is 12.0 Å². The van der Waals surface area contributed by atoms with E-state index in [1.165, 1.54) is 4.90 Å². The van der Waals surface area contributed by atoms with E-state index in [0.29, 0.717) is 29.6 Å². The minimum Gasteiger partial charge on any atom is -0.368 e. The summed E-state index contributed by atoms with van der Waals surface area (Å²) in [5.74, 6) is -0.383. The summed E-state index contributed by atoms with van der Waals surface area (Å²) < 4.78 is 0. The third-order valence-electron chi connectivity index (χ3n) is 5.65. The summed E-state index contributed by atoms with van der Waals surface area (Å²) in [4.78, 5) is 31.0. The molecule has 1 atom stereocenters. The molecule has 0 spiro atoms. The summed E-state index contributed by atoms with van der Waals surface area (Å²) in [6.07, 6.45) is 0.911. The zero-order valence-electron chi connectivity index (χ0n) is 16.1. The molecule has 0 N–H and O–H groups in total. The molecule has 2 amide bonds. The van der Waals surface area contributed by atoms with E-state index in [4.69, 9.17) is 23.2 Å². The Bertz CT molecular complexity index is 898. The molecule has 2 fully saturated rings. The highest BCUT2D eigenvalue weighted by Crippen LogP contribution is 2.33. The van der Waals surface area contributed by atoms with E-state index in [1.807, 2.05) is 42.5 Å². The first-order valence-corrected chi connectivity index (χ1v) is 10.6. The Labute approximate surface area is 180 Å². The van der Waals surface area contributed by atoms with Crippen molar-refractivity contribution >= 4 is 40.7 Å². The largest absolute Gasteiger partial charge is 0.368 e. The van der Waals surface area contributed by atoms with Gasteiger partial charge in [-0.25, -0.2) is 0 Å². The first kappa shape index (κ1) is 20.2. The molecule has 0 saturated carbocycles. The summed E-state index contributed by atoms with van der Waals surface area (Å²) in [7, 11) is 0. The van der Waals surface area contributed by atoms with E-state index < -0.39 is 0 Å². The maximum atomic E-state index is 12.8. The molecule has 0 aliphatic carbocycles. The molecule has 0 radical (unpaired) electrons. The SMILES string of the molecule is O=C1CC(Cc2ccccc2)C(=O)N1CN1CCN(c2cccc(Cl)c2Cl)CC1. The molecule has 7 heteroatoms. The van der Waals surface area contributed by atoms with Crippen molar-refractivity contribution in [2.75, 3.05) is 37.7 Å². The lowest BCUT2D eigenvalue weighted by atomic mass is 9.98. The van der Waals surface area contributed by atoms with Gasteiger partial charge in [0.05, 0.1) is 28.3 Å². The second-order valence-electron chi connectivity index (χ2n) is 7.57. The van der Waals surface area contributed by atoms with Gasteiger partial charge in [0.1, 0.15) is 0 Å². The number of amides is 2. The van der Waals surface area contributed by atoms with Crippen molar-refractivity contribution in [1.29, 1.82) is 0 Å². The van der Waals surface area contributed by atoms with Crippen LogP contribution in [0, 0.1) is 5.92 Å². The predicted octanol–water partition coefficient (Wildman–Crippen LogP) is 3.69. The number of halogens is 2. The number of piperazine rings is 1. The van der Waals surface area contributed by atoms with Crippen molar-refractivity contribution in [3.05, 3.63) is 64.1 Å². The normalized spacial score (nSPS) is 20.6. The molecule has 1 unspecified atom stereocenters. The van der Waals surface area contributed by atoms with Crippen molar-refractivity contribution in [1.82, 2.24) is 9.80 Å². The number of hydrogen-bond donors (Lipinski definition) is 0. The molecule has 0 aromatic heterocycles. The van der Waals surface area contributed by atoms with Crippen molar-refractivity contribution < 1.29 is 9.59 Å². The lowest BCUT2D eigenvalue weighted by Gasteiger charge is -2.37. The Hall–Kier alpha value is -2.08. The lowest BCUT2D eigenvalue weighted by molar-refractivity contribution is -0.141. The molecular weight excluding hydrogens is 409 g/mol. The van der Waals surface area contributed by atoms with Gasteiger partial charge in [0.2, 0.25) is 11.8 Å². The number of anilines is 1. The fraction of sp³-hybridized carbons (Fsp3) is 0.364. The fourth-order valence-corrected chi connectivity index (χ4v) is 4.44. The number of benzene rings is 2. The van der Waals surface area contributed by atoms with Crippen LogP contribution in [0.3, 0.4) is 0 Å². The van der Waals surface area contributed by atoms with Gasteiger partial charge >= 0.3 is 0 Å². The molecule has 2 saturated heterocycles. The van der Waals surface area contributed by atoms with Crippen LogP contribution in [0.5, 0.6) is 0 Å². The summed E-state index contributed by atoms with van der Waals surface area (Å²) in [5, 5.41) is 1.11. The first-order chi connectivity index (χ1) is 14.0. The summed E-state index contributed by atoms with van der Waals surface area (Å²) in [6.45, 7) is 3.40. The number of imide groups is 1. The van der Waals surface area contributed by atoms with E-state index in [-0.39, 0.29) is 17.7 Å². The Kier molecular flexibility index (Phi) is 6.09. The molecule has 2 aliphatic rings. The Morgan fingerprint density at radius 2 is 1.62 bits per heavy atom. The van der Waals surface area contributed by atoms with Gasteiger partial charge in [-0.3, -0.25) is 19.4 Å². The standard InChI is InChI=1S/C22H23Cl2N3O2/c23-18-7-4-8-19(21(18)24)26-11-9-25(10-12-26)15-27-20(28)14-17(22(27)29)13-16-5-2-1-3-6-16/h1-8,17H,9-15H2. The number of nitrogens with zero attached hydrogens (tertiary/aromatic N) is 3. The highest BCUT2D eigenvalue weighted by atomic mass is 35.5. The predicted molar refractivity (Wildman–Crippen MR) is 115 cm³/mol. The van der Waals surface area contributed by atoms with Crippen LogP contribution < -0.4 is 4.90 Å². The van der Waals surface area contributed by atoms with Crippen LogP contribution in [-0.2, 0) is 16.0 Å². The van der Waals surface area contributed by atoms with Crippen molar-refractivity contribution in [2.24, 2.45) is 5.92 Å². The molecule has 5 nitrogen and oxygen atoms in total. The summed E-state index contributed by atoms with van der Waals surface area (Å²) in [5.41, 5.74) is 2.02. The van der Waals surface area contributed by atoms with Gasteiger partial charge in [0, 0.05) is 32.6 Å². The molecule has 29 heavy (non-hydrogen) atoms. The molecule has 4 rings (SSSR count). The van der Waals surface area contributed by atoms with Gasteiger partial charge in [-0.15, -0.1) is 0 Å². The average molecular weight is 432 g/mol. The molecule has 2 aromatic rings. The first-order valence-electron chi connectivity index (χ1n) is 9.82. The topological polar surface area (TPSA) is 43.9 Å². The van der Waals surface area contributed by atoms with E-state index in [0.717, 1.165) is 37.4 Å². The zero-order valence-corrected chi connectivity index (χ0v) is 17.6. The summed E-state index contributed by atoms with van der Waals surface area (Å²) >= 11 is 12.5. The molecule has 152 valence electrons. The molecule has 2 heterocycles. The van der Waals surface area contributed by atoms with E-state index >= 15 is 0 Å². The number of hydrogen-bond acceptors (Lipinski definition) is 4. The minimum atomic E-state index is -0.253. The minimum absolute atomic E-state index is 0.0563. The monoisotopic (exact) mass is 431 g/mol. The second kappa shape index (κ2) is 8.74. The van der Waals surface area contributed by atoms with Crippen LogP contribution in [0.15, 0.2) is 48.5 Å². The van der Waals surface area contributed by atoms with Gasteiger partial charge in [-0.2, -0.15) is 0 Å². The van der Waals surface area contributed by atoms with Gasteiger partial charge in [-0.1, -0.05) is 59.6 Å². The van der Waals surface area contributed by atoms with Gasteiger partial charge in [0.25, 0.3) is 0 Å². The number of rotatable bonds is 5. The molecule has 0 bridgehead atoms. The van der Waals surface area contributed by atoms with Crippen molar-refractivity contribution in [3.8, 4) is 0 Å². The number of carbonyl (C=O) groups excluding carboxylic acids is 2. The van der Waals surface area contributed by atoms with E-state index in [2.05, 4.69) is 9.80 Å².